The van der Waals surface area contributed by atoms with Gasteiger partial charge in [-0.15, -0.1) is 0 Å². The number of rotatable bonds is 11. The molecule has 1 N–H and O–H groups in total. The molecule has 5 heteroatoms. The van der Waals surface area contributed by atoms with Crippen LogP contribution in [0.25, 0.3) is 0 Å². The molecule has 0 aromatic heterocycles. The first-order valence-electron chi connectivity index (χ1n) is 7.35. The molecule has 4 nitrogen and oxygen atoms in total. The van der Waals surface area contributed by atoms with Crippen LogP contribution < -0.4 is 5.32 Å². The minimum Gasteiger partial charge on any atom is -0.316 e. The van der Waals surface area contributed by atoms with Gasteiger partial charge in [-0.2, -0.15) is 0 Å². The van der Waals surface area contributed by atoms with E-state index in [1.54, 1.807) is 0 Å². The van der Waals surface area contributed by atoms with Crippen molar-refractivity contribution in [2.45, 2.75) is 40.0 Å². The van der Waals surface area contributed by atoms with Gasteiger partial charge in [-0.1, -0.05) is 20.8 Å². The molecule has 0 heterocycles. The minimum absolute atomic E-state index is 0.245. The van der Waals surface area contributed by atoms with Crippen molar-refractivity contribution in [1.82, 2.24) is 10.2 Å². The van der Waals surface area contributed by atoms with Crippen LogP contribution in [-0.2, 0) is 9.84 Å². The lowest BCUT2D eigenvalue weighted by Crippen LogP contribution is -2.43. The largest absolute Gasteiger partial charge is 0.316 e. The van der Waals surface area contributed by atoms with Gasteiger partial charge in [-0.25, -0.2) is 8.42 Å². The van der Waals surface area contributed by atoms with E-state index >= 15 is 0 Å². The van der Waals surface area contributed by atoms with Crippen LogP contribution in [0, 0.1) is 5.41 Å². The number of nitrogens with one attached hydrogen (secondary N) is 1. The van der Waals surface area contributed by atoms with Crippen molar-refractivity contribution < 1.29 is 8.42 Å². The van der Waals surface area contributed by atoms with Gasteiger partial charge in [0.1, 0.15) is 9.84 Å². The lowest BCUT2D eigenvalue weighted by atomic mass is 9.81. The minimum atomic E-state index is -2.87. The SMILES string of the molecule is CCCNCC(CC)(CC)CN(C)CCS(C)(=O)=O. The van der Waals surface area contributed by atoms with E-state index in [1.807, 2.05) is 7.05 Å². The van der Waals surface area contributed by atoms with Gasteiger partial charge in [0.15, 0.2) is 0 Å². The van der Waals surface area contributed by atoms with E-state index < -0.39 is 9.84 Å². The van der Waals surface area contributed by atoms with Gasteiger partial charge in [0.05, 0.1) is 5.75 Å². The summed E-state index contributed by atoms with van der Waals surface area (Å²) in [4.78, 5) is 2.15. The first-order valence-corrected chi connectivity index (χ1v) is 9.41. The lowest BCUT2D eigenvalue weighted by Gasteiger charge is -2.36. The molecule has 0 saturated carbocycles. The third-order valence-corrected chi connectivity index (χ3v) is 4.80. The first-order chi connectivity index (χ1) is 8.78. The van der Waals surface area contributed by atoms with Crippen LogP contribution in [0.15, 0.2) is 0 Å². The Morgan fingerprint density at radius 2 is 1.74 bits per heavy atom. The maximum atomic E-state index is 11.2. The zero-order chi connectivity index (χ0) is 14.9. The fraction of sp³-hybridized carbons (Fsp3) is 1.00. The van der Waals surface area contributed by atoms with Crippen LogP contribution in [0.3, 0.4) is 0 Å². The summed E-state index contributed by atoms with van der Waals surface area (Å²) >= 11 is 0. The predicted molar refractivity (Wildman–Crippen MR) is 83.4 cm³/mol. The smallest absolute Gasteiger partial charge is 0.148 e. The quantitative estimate of drug-likeness (QED) is 0.590. The number of sulfone groups is 1. The fourth-order valence-electron chi connectivity index (χ4n) is 2.28. The van der Waals surface area contributed by atoms with E-state index in [-0.39, 0.29) is 11.2 Å². The average molecular weight is 292 g/mol. The zero-order valence-corrected chi connectivity index (χ0v) is 14.1. The van der Waals surface area contributed by atoms with Crippen LogP contribution in [0.5, 0.6) is 0 Å². The van der Waals surface area contributed by atoms with Gasteiger partial charge in [0.2, 0.25) is 0 Å². The van der Waals surface area contributed by atoms with Crippen LogP contribution in [-0.4, -0.2) is 58.6 Å². The van der Waals surface area contributed by atoms with Crippen molar-refractivity contribution in [2.75, 3.05) is 45.2 Å². The third-order valence-electron chi connectivity index (χ3n) is 3.88. The molecule has 0 bridgehead atoms. The Labute approximate surface area is 119 Å². The van der Waals surface area contributed by atoms with Gasteiger partial charge in [-0.05, 0) is 38.3 Å². The first kappa shape index (κ1) is 18.9. The average Bonchev–Trinajstić information content (AvgIpc) is 2.34. The molecule has 0 unspecified atom stereocenters. The van der Waals surface area contributed by atoms with Gasteiger partial charge >= 0.3 is 0 Å². The molecule has 0 aliphatic rings. The van der Waals surface area contributed by atoms with E-state index in [2.05, 4.69) is 31.0 Å². The van der Waals surface area contributed by atoms with Crippen molar-refractivity contribution in [3.8, 4) is 0 Å². The number of nitrogens with zero attached hydrogens (tertiary/aromatic N) is 1. The summed E-state index contributed by atoms with van der Waals surface area (Å²) in [6.07, 6.45) is 4.68. The van der Waals surface area contributed by atoms with Gasteiger partial charge in [0, 0.05) is 25.9 Å². The molecule has 0 aliphatic carbocycles. The lowest BCUT2D eigenvalue weighted by molar-refractivity contribution is 0.160. The standard InChI is InChI=1S/C14H32N2O2S/c1-6-9-15-12-14(7-2,8-3)13-16(4)10-11-19(5,17)18/h15H,6-13H2,1-5H3. The molecular formula is C14H32N2O2S. The Kier molecular flexibility index (Phi) is 8.86. The maximum Gasteiger partial charge on any atom is 0.148 e. The molecule has 0 atom stereocenters. The Bertz CT molecular complexity index is 324. The van der Waals surface area contributed by atoms with E-state index in [0.29, 0.717) is 6.54 Å². The van der Waals surface area contributed by atoms with Crippen LogP contribution in [0.4, 0.5) is 0 Å². The summed E-state index contributed by atoms with van der Waals surface area (Å²) in [5, 5.41) is 3.51. The monoisotopic (exact) mass is 292 g/mol. The summed E-state index contributed by atoms with van der Waals surface area (Å²) in [6, 6.07) is 0. The molecule has 116 valence electrons. The van der Waals surface area contributed by atoms with E-state index in [1.165, 1.54) is 6.26 Å². The summed E-state index contributed by atoms with van der Waals surface area (Å²) in [7, 11) is -0.847. The second-order valence-corrected chi connectivity index (χ2v) is 8.01. The molecular weight excluding hydrogens is 260 g/mol. The van der Waals surface area contributed by atoms with Crippen molar-refractivity contribution in [1.29, 1.82) is 0 Å². The van der Waals surface area contributed by atoms with Crippen LogP contribution in [0.1, 0.15) is 40.0 Å². The molecule has 0 amide bonds. The van der Waals surface area contributed by atoms with Crippen LogP contribution in [0.2, 0.25) is 0 Å². The second-order valence-electron chi connectivity index (χ2n) is 5.75. The second kappa shape index (κ2) is 8.93. The Morgan fingerprint density at radius 3 is 2.16 bits per heavy atom. The van der Waals surface area contributed by atoms with E-state index in [4.69, 9.17) is 0 Å². The third kappa shape index (κ3) is 8.60. The Hall–Kier alpha value is -0.130. The number of hydrogen-bond donors (Lipinski definition) is 1. The zero-order valence-electron chi connectivity index (χ0n) is 13.3. The molecule has 0 fully saturated rings. The summed E-state index contributed by atoms with van der Waals surface area (Å²) in [6.45, 7) is 10.3. The van der Waals surface area contributed by atoms with Crippen molar-refractivity contribution in [2.24, 2.45) is 5.41 Å². The maximum absolute atomic E-state index is 11.2. The summed E-state index contributed by atoms with van der Waals surface area (Å²) in [5.41, 5.74) is 0.251. The van der Waals surface area contributed by atoms with E-state index in [9.17, 15) is 8.42 Å². The van der Waals surface area contributed by atoms with Gasteiger partial charge < -0.3 is 10.2 Å². The highest BCUT2D eigenvalue weighted by Crippen LogP contribution is 2.26. The normalized spacial score (nSPS) is 13.2. The highest BCUT2D eigenvalue weighted by molar-refractivity contribution is 7.90. The molecule has 19 heavy (non-hydrogen) atoms. The molecule has 0 aliphatic heterocycles. The highest BCUT2D eigenvalue weighted by atomic mass is 32.2. The fourth-order valence-corrected chi connectivity index (χ4v) is 2.93. The Morgan fingerprint density at radius 1 is 1.16 bits per heavy atom. The summed E-state index contributed by atoms with van der Waals surface area (Å²) < 4.78 is 22.4. The van der Waals surface area contributed by atoms with Crippen molar-refractivity contribution in [3.63, 3.8) is 0 Å². The molecule has 0 aromatic rings. The molecule has 0 spiro atoms. The van der Waals surface area contributed by atoms with Crippen molar-refractivity contribution >= 4 is 9.84 Å². The molecule has 0 radical (unpaired) electrons. The molecule has 0 rings (SSSR count). The molecule has 0 aromatic carbocycles. The van der Waals surface area contributed by atoms with Crippen LogP contribution >= 0.6 is 0 Å². The van der Waals surface area contributed by atoms with E-state index in [0.717, 1.165) is 38.9 Å². The summed E-state index contributed by atoms with van der Waals surface area (Å²) in [5.74, 6) is 0.245. The molecule has 0 saturated heterocycles. The van der Waals surface area contributed by atoms with Gasteiger partial charge in [0.25, 0.3) is 0 Å². The Balaban J connectivity index is 4.38. The highest BCUT2D eigenvalue weighted by Gasteiger charge is 2.27. The topological polar surface area (TPSA) is 49.4 Å². The predicted octanol–water partition coefficient (Wildman–Crippen LogP) is 1.77. The number of hydrogen-bond acceptors (Lipinski definition) is 4. The van der Waals surface area contributed by atoms with Gasteiger partial charge in [-0.3, -0.25) is 0 Å². The van der Waals surface area contributed by atoms with Crippen molar-refractivity contribution in [3.05, 3.63) is 0 Å².